The molecule has 1 fully saturated rings. The first-order chi connectivity index (χ1) is 8.72. The lowest BCUT2D eigenvalue weighted by Gasteiger charge is -2.28. The maximum atomic E-state index is 12.1. The van der Waals surface area contributed by atoms with Crippen LogP contribution in [0, 0.1) is 0 Å². The fraction of sp³-hybridized carbons (Fsp3) is 0.636. The average molecular weight is 268 g/mol. The number of carbonyl (C=O) groups is 1. The summed E-state index contributed by atoms with van der Waals surface area (Å²) in [5.41, 5.74) is 6.69. The molecule has 0 aliphatic carbocycles. The van der Waals surface area contributed by atoms with Gasteiger partial charge in [0.2, 0.25) is 5.91 Å². The number of morpholine rings is 1. The van der Waals surface area contributed by atoms with Crippen molar-refractivity contribution < 1.29 is 9.53 Å². The van der Waals surface area contributed by atoms with E-state index in [1.165, 1.54) is 16.2 Å². The van der Waals surface area contributed by atoms with E-state index >= 15 is 0 Å². The van der Waals surface area contributed by atoms with Gasteiger partial charge >= 0.3 is 0 Å². The lowest BCUT2D eigenvalue weighted by Crippen LogP contribution is -2.44. The monoisotopic (exact) mass is 268 g/mol. The number of nitrogens with two attached hydrogens (primary N) is 1. The van der Waals surface area contributed by atoms with E-state index in [1.807, 2.05) is 4.90 Å². The van der Waals surface area contributed by atoms with Crippen molar-refractivity contribution in [1.29, 1.82) is 0 Å². The number of hydrogen-bond donors (Lipinski definition) is 1. The van der Waals surface area contributed by atoms with Crippen LogP contribution in [0.4, 0.5) is 5.13 Å². The van der Waals surface area contributed by atoms with Gasteiger partial charge in [0, 0.05) is 31.1 Å². The van der Waals surface area contributed by atoms with Crippen molar-refractivity contribution in [3.63, 3.8) is 0 Å². The van der Waals surface area contributed by atoms with Gasteiger partial charge in [-0.15, -0.1) is 11.3 Å². The second kappa shape index (κ2) is 4.83. The quantitative estimate of drug-likeness (QED) is 0.811. The number of rotatable bonds is 2. The number of ether oxygens (including phenoxy) is 1. The fourth-order valence-electron chi connectivity index (χ4n) is 2.34. The average Bonchev–Trinajstić information content (AvgIpc) is 2.86. The van der Waals surface area contributed by atoms with E-state index in [1.54, 1.807) is 0 Å². The zero-order valence-corrected chi connectivity index (χ0v) is 10.9. The Labute approximate surface area is 109 Å². The molecule has 1 saturated heterocycles. The number of nitrogens with zero attached hydrogens (tertiary/aromatic N) is 3. The Balaban J connectivity index is 1.55. The highest BCUT2D eigenvalue weighted by Gasteiger charge is 2.26. The van der Waals surface area contributed by atoms with Crippen LogP contribution < -0.4 is 5.73 Å². The normalized spacial score (nSPS) is 20.1. The molecule has 0 aromatic carbocycles. The van der Waals surface area contributed by atoms with Crippen LogP contribution in [-0.4, -0.2) is 53.5 Å². The van der Waals surface area contributed by atoms with E-state index in [0.29, 0.717) is 38.0 Å². The van der Waals surface area contributed by atoms with Gasteiger partial charge in [-0.1, -0.05) is 0 Å². The van der Waals surface area contributed by atoms with Crippen molar-refractivity contribution >= 4 is 22.4 Å². The van der Waals surface area contributed by atoms with Crippen LogP contribution in [0.25, 0.3) is 0 Å². The molecule has 98 valence electrons. The summed E-state index contributed by atoms with van der Waals surface area (Å²) in [5, 5.41) is 0.624. The molecule has 0 spiro atoms. The minimum atomic E-state index is 0.182. The van der Waals surface area contributed by atoms with E-state index in [-0.39, 0.29) is 5.91 Å². The van der Waals surface area contributed by atoms with Gasteiger partial charge in [-0.25, -0.2) is 4.98 Å². The Kier molecular flexibility index (Phi) is 3.19. The third-order valence-electron chi connectivity index (χ3n) is 3.26. The molecular weight excluding hydrogens is 252 g/mol. The maximum absolute atomic E-state index is 12.1. The number of amides is 1. The molecule has 0 radical (unpaired) electrons. The summed E-state index contributed by atoms with van der Waals surface area (Å²) >= 11 is 1.52. The molecule has 3 rings (SSSR count). The Morgan fingerprint density at radius 1 is 1.39 bits per heavy atom. The highest BCUT2D eigenvalue weighted by atomic mass is 32.1. The lowest BCUT2D eigenvalue weighted by atomic mass is 10.4. The second-order valence-electron chi connectivity index (χ2n) is 4.56. The smallest absolute Gasteiger partial charge is 0.236 e. The summed E-state index contributed by atoms with van der Waals surface area (Å²) in [6.07, 6.45) is 0. The van der Waals surface area contributed by atoms with Gasteiger partial charge in [0.1, 0.15) is 0 Å². The number of hydrogen-bond acceptors (Lipinski definition) is 6. The van der Waals surface area contributed by atoms with Gasteiger partial charge in [-0.3, -0.25) is 9.69 Å². The largest absolute Gasteiger partial charge is 0.378 e. The third-order valence-corrected chi connectivity index (χ3v) is 4.17. The molecule has 2 N–H and O–H groups in total. The molecule has 6 nitrogen and oxygen atoms in total. The molecule has 0 bridgehead atoms. The Bertz CT molecular complexity index is 432. The molecule has 2 aliphatic rings. The van der Waals surface area contributed by atoms with Crippen LogP contribution in [0.2, 0.25) is 0 Å². The van der Waals surface area contributed by atoms with Crippen LogP contribution in [0.3, 0.4) is 0 Å². The van der Waals surface area contributed by atoms with Gasteiger partial charge in [-0.2, -0.15) is 0 Å². The number of fused-ring (bicyclic) bond motifs is 1. The molecule has 0 atom stereocenters. The first-order valence-electron chi connectivity index (χ1n) is 6.04. The Hall–Kier alpha value is -1.18. The molecule has 18 heavy (non-hydrogen) atoms. The molecule has 1 aromatic heterocycles. The Morgan fingerprint density at radius 2 is 2.17 bits per heavy atom. The van der Waals surface area contributed by atoms with Gasteiger partial charge in [0.15, 0.2) is 5.13 Å². The van der Waals surface area contributed by atoms with Crippen LogP contribution in [0.1, 0.15) is 10.6 Å². The topological polar surface area (TPSA) is 71.7 Å². The number of carbonyl (C=O) groups excluding carboxylic acids is 1. The first-order valence-corrected chi connectivity index (χ1v) is 6.86. The minimum absolute atomic E-state index is 0.182. The van der Waals surface area contributed by atoms with Gasteiger partial charge < -0.3 is 15.4 Å². The molecule has 2 aliphatic heterocycles. The third kappa shape index (κ3) is 2.33. The standard InChI is InChI=1S/C11H16N4O2S/c12-11-13-8-5-14(6-9(8)18-11)7-10(16)15-1-3-17-4-2-15/h1-7H2,(H2,12,13). The van der Waals surface area contributed by atoms with E-state index in [2.05, 4.69) is 9.88 Å². The van der Waals surface area contributed by atoms with Crippen LogP contribution in [-0.2, 0) is 22.6 Å². The van der Waals surface area contributed by atoms with E-state index in [9.17, 15) is 4.79 Å². The fourth-order valence-corrected chi connectivity index (χ4v) is 3.22. The van der Waals surface area contributed by atoms with Crippen molar-refractivity contribution in [2.75, 3.05) is 38.6 Å². The van der Waals surface area contributed by atoms with E-state index in [4.69, 9.17) is 10.5 Å². The van der Waals surface area contributed by atoms with Gasteiger partial charge in [0.25, 0.3) is 0 Å². The molecule has 7 heteroatoms. The Morgan fingerprint density at radius 3 is 2.89 bits per heavy atom. The summed E-state index contributed by atoms with van der Waals surface area (Å²) in [6, 6.07) is 0. The lowest BCUT2D eigenvalue weighted by molar-refractivity contribution is -0.136. The van der Waals surface area contributed by atoms with Crippen LogP contribution in [0.5, 0.6) is 0 Å². The highest BCUT2D eigenvalue weighted by molar-refractivity contribution is 7.15. The SMILES string of the molecule is Nc1nc2c(s1)CN(CC(=O)N1CCOCC1)C2. The van der Waals surface area contributed by atoms with Crippen molar-refractivity contribution in [3.05, 3.63) is 10.6 Å². The van der Waals surface area contributed by atoms with Crippen molar-refractivity contribution in [3.8, 4) is 0 Å². The van der Waals surface area contributed by atoms with E-state index in [0.717, 1.165) is 18.8 Å². The zero-order chi connectivity index (χ0) is 12.5. The number of aromatic nitrogens is 1. The minimum Gasteiger partial charge on any atom is -0.378 e. The number of thiazole rings is 1. The number of nitrogen functional groups attached to an aromatic ring is 1. The predicted octanol–water partition coefficient (Wildman–Crippen LogP) is -0.100. The van der Waals surface area contributed by atoms with E-state index < -0.39 is 0 Å². The van der Waals surface area contributed by atoms with Crippen molar-refractivity contribution in [1.82, 2.24) is 14.8 Å². The molecular formula is C11H16N4O2S. The number of anilines is 1. The first kappa shape index (κ1) is 11.9. The summed E-state index contributed by atoms with van der Waals surface area (Å²) in [6.45, 7) is 4.70. The molecule has 3 heterocycles. The second-order valence-corrected chi connectivity index (χ2v) is 5.68. The zero-order valence-electron chi connectivity index (χ0n) is 10.1. The van der Waals surface area contributed by atoms with Crippen molar-refractivity contribution in [2.24, 2.45) is 0 Å². The van der Waals surface area contributed by atoms with Gasteiger partial charge in [0.05, 0.1) is 25.5 Å². The maximum Gasteiger partial charge on any atom is 0.236 e. The predicted molar refractivity (Wildman–Crippen MR) is 68.0 cm³/mol. The van der Waals surface area contributed by atoms with Crippen LogP contribution in [0.15, 0.2) is 0 Å². The van der Waals surface area contributed by atoms with Gasteiger partial charge in [-0.05, 0) is 0 Å². The molecule has 1 aromatic rings. The molecule has 0 unspecified atom stereocenters. The molecule has 1 amide bonds. The highest BCUT2D eigenvalue weighted by Crippen LogP contribution is 2.29. The summed E-state index contributed by atoms with van der Waals surface area (Å²) < 4.78 is 5.24. The molecule has 0 saturated carbocycles. The summed E-state index contributed by atoms with van der Waals surface area (Å²) in [4.78, 5) is 21.5. The summed E-state index contributed by atoms with van der Waals surface area (Å²) in [5.74, 6) is 0.182. The summed E-state index contributed by atoms with van der Waals surface area (Å²) in [7, 11) is 0. The van der Waals surface area contributed by atoms with Crippen LogP contribution >= 0.6 is 11.3 Å². The van der Waals surface area contributed by atoms with Crippen molar-refractivity contribution in [2.45, 2.75) is 13.1 Å².